The number of aromatic nitrogens is 1. The molecular weight excluding hydrogens is 571 g/mol. The number of pyridine rings is 1. The summed E-state index contributed by atoms with van der Waals surface area (Å²) in [4.78, 5) is 36.8. The number of amides is 1. The molecule has 220 valence electrons. The molecule has 1 amide bonds. The first-order chi connectivity index (χ1) is 20.3. The van der Waals surface area contributed by atoms with E-state index in [1.165, 1.54) is 18.7 Å². The SMILES string of the molecule is COc1ccc2c(c1)cc(P(=O)(c1ccccc1)c1ccccc1)c(=O)n2CCCCCSC[C@H](NC(C)=O)C(=O)O. The Kier molecular flexibility index (Phi) is 10.7. The average Bonchev–Trinajstić information content (AvgIpc) is 3.00. The number of nitrogens with zero attached hydrogens (tertiary/aromatic N) is 1. The highest BCUT2D eigenvalue weighted by Gasteiger charge is 2.33. The van der Waals surface area contributed by atoms with Crippen LogP contribution in [0.2, 0.25) is 0 Å². The van der Waals surface area contributed by atoms with Crippen LogP contribution in [0.1, 0.15) is 26.2 Å². The van der Waals surface area contributed by atoms with Crippen molar-refractivity contribution in [3.63, 3.8) is 0 Å². The summed E-state index contributed by atoms with van der Waals surface area (Å²) in [7, 11) is -1.92. The minimum Gasteiger partial charge on any atom is -0.497 e. The van der Waals surface area contributed by atoms with E-state index in [-0.39, 0.29) is 22.5 Å². The number of ether oxygens (including phenoxy) is 1. The van der Waals surface area contributed by atoms with Gasteiger partial charge in [-0.05, 0) is 42.9 Å². The summed E-state index contributed by atoms with van der Waals surface area (Å²) in [6, 6.07) is 24.7. The lowest BCUT2D eigenvalue weighted by Crippen LogP contribution is -2.41. The number of hydrogen-bond acceptors (Lipinski definition) is 6. The van der Waals surface area contributed by atoms with Crippen molar-refractivity contribution in [2.24, 2.45) is 0 Å². The summed E-state index contributed by atoms with van der Waals surface area (Å²) in [5.74, 6) is 0.238. The number of carbonyl (C=O) groups is 2. The van der Waals surface area contributed by atoms with E-state index in [1.54, 1.807) is 17.7 Å². The lowest BCUT2D eigenvalue weighted by Gasteiger charge is -2.22. The van der Waals surface area contributed by atoms with Crippen LogP contribution in [0.5, 0.6) is 5.75 Å². The van der Waals surface area contributed by atoms with Crippen LogP contribution in [0.25, 0.3) is 10.9 Å². The molecule has 1 aromatic heterocycles. The molecule has 10 heteroatoms. The summed E-state index contributed by atoms with van der Waals surface area (Å²) in [6.07, 6.45) is 2.35. The minimum absolute atomic E-state index is 0.258. The molecule has 0 saturated carbocycles. The van der Waals surface area contributed by atoms with Crippen molar-refractivity contribution in [3.05, 3.63) is 95.3 Å². The number of aliphatic carboxylic acids is 1. The molecule has 0 aliphatic rings. The van der Waals surface area contributed by atoms with Gasteiger partial charge in [0.2, 0.25) is 5.91 Å². The van der Waals surface area contributed by atoms with Gasteiger partial charge in [0.05, 0.1) is 17.9 Å². The van der Waals surface area contributed by atoms with E-state index >= 15 is 4.57 Å². The molecule has 0 radical (unpaired) electrons. The maximum Gasteiger partial charge on any atom is 0.327 e. The molecule has 0 unspecified atom stereocenters. The van der Waals surface area contributed by atoms with Crippen LogP contribution < -0.4 is 31.5 Å². The lowest BCUT2D eigenvalue weighted by atomic mass is 10.2. The normalized spacial score (nSPS) is 12.1. The van der Waals surface area contributed by atoms with E-state index in [1.807, 2.05) is 78.9 Å². The van der Waals surface area contributed by atoms with Gasteiger partial charge in [0.25, 0.3) is 5.56 Å². The molecule has 3 aromatic carbocycles. The summed E-state index contributed by atoms with van der Waals surface area (Å²) >= 11 is 1.47. The van der Waals surface area contributed by atoms with Crippen LogP contribution in [0, 0.1) is 0 Å². The molecule has 0 aliphatic carbocycles. The van der Waals surface area contributed by atoms with Gasteiger partial charge in [-0.3, -0.25) is 9.59 Å². The molecule has 0 fully saturated rings. The molecule has 8 nitrogen and oxygen atoms in total. The van der Waals surface area contributed by atoms with Gasteiger partial charge in [-0.15, -0.1) is 0 Å². The Morgan fingerprint density at radius 2 is 1.60 bits per heavy atom. The van der Waals surface area contributed by atoms with Gasteiger partial charge in [-0.25, -0.2) is 4.79 Å². The van der Waals surface area contributed by atoms with Crippen LogP contribution in [0.15, 0.2) is 89.7 Å². The molecule has 42 heavy (non-hydrogen) atoms. The number of nitrogens with one attached hydrogen (secondary N) is 1. The lowest BCUT2D eigenvalue weighted by molar-refractivity contribution is -0.140. The van der Waals surface area contributed by atoms with Crippen LogP contribution >= 0.6 is 18.9 Å². The zero-order chi connectivity index (χ0) is 30.1. The van der Waals surface area contributed by atoms with Gasteiger partial charge < -0.3 is 24.3 Å². The Labute approximate surface area is 249 Å². The summed E-state index contributed by atoms with van der Waals surface area (Å²) in [6.45, 7) is 1.74. The fraction of sp³-hybridized carbons (Fsp3) is 0.281. The van der Waals surface area contributed by atoms with E-state index in [9.17, 15) is 19.5 Å². The number of thioether (sulfide) groups is 1. The average molecular weight is 607 g/mol. The Bertz CT molecular complexity index is 1600. The van der Waals surface area contributed by atoms with Crippen LogP contribution in [0.3, 0.4) is 0 Å². The molecule has 0 saturated heterocycles. The Morgan fingerprint density at radius 3 is 2.17 bits per heavy atom. The first-order valence-electron chi connectivity index (χ1n) is 13.8. The van der Waals surface area contributed by atoms with Gasteiger partial charge in [-0.1, -0.05) is 67.1 Å². The van der Waals surface area contributed by atoms with Crippen molar-refractivity contribution < 1.29 is 24.0 Å². The largest absolute Gasteiger partial charge is 0.497 e. The minimum atomic E-state index is -3.51. The van der Waals surface area contributed by atoms with Crippen molar-refractivity contribution in [3.8, 4) is 5.75 Å². The number of carbonyl (C=O) groups excluding carboxylic acids is 1. The maximum absolute atomic E-state index is 15.1. The number of benzene rings is 3. The second-order valence-corrected chi connectivity index (χ2v) is 13.8. The van der Waals surface area contributed by atoms with E-state index in [2.05, 4.69) is 5.32 Å². The zero-order valence-electron chi connectivity index (χ0n) is 23.7. The molecule has 0 bridgehead atoms. The van der Waals surface area contributed by atoms with E-state index < -0.39 is 19.2 Å². The Balaban J connectivity index is 1.62. The van der Waals surface area contributed by atoms with Crippen molar-refractivity contribution in [1.82, 2.24) is 9.88 Å². The molecule has 4 rings (SSSR count). The van der Waals surface area contributed by atoms with Crippen molar-refractivity contribution in [1.29, 1.82) is 0 Å². The topological polar surface area (TPSA) is 115 Å². The second kappa shape index (κ2) is 14.4. The standard InChI is InChI=1S/C32H35N2O6PS/c1-23(35)33-28(32(37)38)22-42-19-11-5-10-18-34-29-17-16-25(40-2)20-24(29)21-30(31(34)36)41(39,26-12-6-3-7-13-26)27-14-8-4-9-15-27/h3-4,6-9,12-17,20-21,28H,5,10-11,18-19,22H2,1-2H3,(H,33,35)(H,37,38)/t28-/m0/s1. The molecule has 2 N–H and O–H groups in total. The number of carboxylic acid groups (broad SMARTS) is 1. The van der Waals surface area contributed by atoms with Gasteiger partial charge in [-0.2, -0.15) is 11.8 Å². The van der Waals surface area contributed by atoms with Crippen LogP contribution in [-0.2, 0) is 20.7 Å². The third kappa shape index (κ3) is 7.15. The van der Waals surface area contributed by atoms with E-state index in [4.69, 9.17) is 4.74 Å². The number of fused-ring (bicyclic) bond motifs is 1. The number of carboxylic acids is 1. The predicted octanol–water partition coefficient (Wildman–Crippen LogP) is 4.14. The van der Waals surface area contributed by atoms with Gasteiger partial charge >= 0.3 is 5.97 Å². The molecule has 0 aliphatic heterocycles. The molecular formula is C32H35N2O6PS. The summed E-state index contributed by atoms with van der Waals surface area (Å²) in [5.41, 5.74) is 0.462. The fourth-order valence-corrected chi connectivity index (χ4v) is 8.69. The maximum atomic E-state index is 15.1. The third-order valence-corrected chi connectivity index (χ3v) is 11.2. The molecule has 0 spiro atoms. The highest BCUT2D eigenvalue weighted by atomic mass is 32.2. The van der Waals surface area contributed by atoms with E-state index in [0.29, 0.717) is 29.3 Å². The van der Waals surface area contributed by atoms with Crippen molar-refractivity contribution >= 4 is 57.6 Å². The van der Waals surface area contributed by atoms with Crippen molar-refractivity contribution in [2.75, 3.05) is 18.6 Å². The van der Waals surface area contributed by atoms with Crippen LogP contribution in [0.4, 0.5) is 0 Å². The first kappa shape index (κ1) is 31.1. The quantitative estimate of drug-likeness (QED) is 0.164. The fourth-order valence-electron chi connectivity index (χ4n) is 4.90. The third-order valence-electron chi connectivity index (χ3n) is 6.99. The van der Waals surface area contributed by atoms with Gasteiger partial charge in [0, 0.05) is 35.2 Å². The zero-order valence-corrected chi connectivity index (χ0v) is 25.4. The predicted molar refractivity (Wildman–Crippen MR) is 171 cm³/mol. The first-order valence-corrected chi connectivity index (χ1v) is 16.6. The van der Waals surface area contributed by atoms with E-state index in [0.717, 1.165) is 29.5 Å². The van der Waals surface area contributed by atoms with Crippen LogP contribution in [-0.4, -0.2) is 46.2 Å². The van der Waals surface area contributed by atoms with Gasteiger partial charge in [0.15, 0.2) is 7.14 Å². The Hall–Kier alpha value is -3.81. The monoisotopic (exact) mass is 606 g/mol. The number of unbranched alkanes of at least 4 members (excludes halogenated alkanes) is 2. The smallest absolute Gasteiger partial charge is 0.327 e. The number of rotatable bonds is 14. The highest BCUT2D eigenvalue weighted by Crippen LogP contribution is 2.41. The molecule has 1 atom stereocenters. The van der Waals surface area contributed by atoms with Crippen molar-refractivity contribution in [2.45, 2.75) is 38.8 Å². The number of aryl methyl sites for hydroxylation is 1. The number of methoxy groups -OCH3 is 1. The second-order valence-electron chi connectivity index (χ2n) is 9.92. The highest BCUT2D eigenvalue weighted by molar-refractivity contribution is 7.99. The molecule has 4 aromatic rings. The summed E-state index contributed by atoms with van der Waals surface area (Å²) in [5, 5.41) is 13.9. The molecule has 1 heterocycles. The number of hydrogen-bond donors (Lipinski definition) is 2. The Morgan fingerprint density at radius 1 is 0.952 bits per heavy atom. The van der Waals surface area contributed by atoms with Gasteiger partial charge in [0.1, 0.15) is 11.8 Å². The summed E-state index contributed by atoms with van der Waals surface area (Å²) < 4.78 is 22.3.